The second kappa shape index (κ2) is 5.56. The van der Waals surface area contributed by atoms with E-state index < -0.39 is 0 Å². The Kier molecular flexibility index (Phi) is 4.07. The maximum absolute atomic E-state index is 12.1. The van der Waals surface area contributed by atoms with E-state index in [1.54, 1.807) is 0 Å². The van der Waals surface area contributed by atoms with Crippen LogP contribution in [0.4, 0.5) is 0 Å². The zero-order valence-corrected chi connectivity index (χ0v) is 10.8. The second-order valence-corrected chi connectivity index (χ2v) is 4.98. The highest BCUT2D eigenvalue weighted by molar-refractivity contribution is 7.80. The van der Waals surface area contributed by atoms with Crippen LogP contribution in [0.3, 0.4) is 0 Å². The van der Waals surface area contributed by atoms with Gasteiger partial charge in [0.05, 0.1) is 13.2 Å². The largest absolute Gasteiger partial charge is 0.378 e. The van der Waals surface area contributed by atoms with Crippen LogP contribution in [-0.2, 0) is 4.74 Å². The molecule has 1 aromatic carbocycles. The first-order valence-corrected chi connectivity index (χ1v) is 6.35. The van der Waals surface area contributed by atoms with Gasteiger partial charge in [0.1, 0.15) is 0 Å². The average molecular weight is 251 g/mol. The number of benzene rings is 1. The third-order valence-corrected chi connectivity index (χ3v) is 3.24. The van der Waals surface area contributed by atoms with Crippen molar-refractivity contribution in [1.29, 1.82) is 0 Å². The van der Waals surface area contributed by atoms with E-state index in [4.69, 9.17) is 4.74 Å². The minimum Gasteiger partial charge on any atom is -0.378 e. The van der Waals surface area contributed by atoms with Crippen molar-refractivity contribution in [2.45, 2.75) is 12.2 Å². The molecule has 1 saturated heterocycles. The molecule has 1 aliphatic rings. The molecular weight excluding hydrogens is 234 g/mol. The molecular formula is C13H17NO2S. The lowest BCUT2D eigenvalue weighted by molar-refractivity contribution is 0.0303. The van der Waals surface area contributed by atoms with Gasteiger partial charge in [-0.1, -0.05) is 12.1 Å². The van der Waals surface area contributed by atoms with Gasteiger partial charge in [0.2, 0.25) is 0 Å². The summed E-state index contributed by atoms with van der Waals surface area (Å²) in [5.41, 5.74) is 1.87. The number of carbonyl (C=O) groups is 1. The number of thiol groups is 1. The lowest BCUT2D eigenvalue weighted by atomic mass is 10.1. The van der Waals surface area contributed by atoms with Crippen LogP contribution >= 0.6 is 12.6 Å². The van der Waals surface area contributed by atoms with E-state index >= 15 is 0 Å². The van der Waals surface area contributed by atoms with E-state index in [-0.39, 0.29) is 11.2 Å². The third kappa shape index (κ3) is 3.01. The molecule has 4 heteroatoms. The third-order valence-electron chi connectivity index (χ3n) is 2.94. The lowest BCUT2D eigenvalue weighted by Crippen LogP contribution is -2.40. The Morgan fingerprint density at radius 2 is 1.88 bits per heavy atom. The fraction of sp³-hybridized carbons (Fsp3) is 0.462. The molecule has 0 saturated carbocycles. The fourth-order valence-electron chi connectivity index (χ4n) is 1.85. The first-order valence-electron chi connectivity index (χ1n) is 5.83. The number of carbonyl (C=O) groups excluding carboxylic acids is 1. The van der Waals surface area contributed by atoms with Gasteiger partial charge < -0.3 is 9.64 Å². The van der Waals surface area contributed by atoms with Crippen molar-refractivity contribution in [2.24, 2.45) is 0 Å². The molecule has 0 spiro atoms. The van der Waals surface area contributed by atoms with Gasteiger partial charge in [-0.15, -0.1) is 0 Å². The summed E-state index contributed by atoms with van der Waals surface area (Å²) in [6.45, 7) is 4.66. The number of amides is 1. The van der Waals surface area contributed by atoms with Crippen LogP contribution in [0.15, 0.2) is 24.3 Å². The SMILES string of the molecule is CC(S)c1ccc(C(=O)N2CCOCC2)cc1. The quantitative estimate of drug-likeness (QED) is 0.816. The number of morpholine rings is 1. The van der Waals surface area contributed by atoms with Gasteiger partial charge in [-0.05, 0) is 24.6 Å². The number of hydrogen-bond donors (Lipinski definition) is 1. The number of hydrogen-bond acceptors (Lipinski definition) is 3. The summed E-state index contributed by atoms with van der Waals surface area (Å²) in [6.07, 6.45) is 0. The summed E-state index contributed by atoms with van der Waals surface area (Å²) in [5.74, 6) is 0.0895. The van der Waals surface area contributed by atoms with Crippen molar-refractivity contribution < 1.29 is 9.53 Å². The molecule has 92 valence electrons. The molecule has 0 N–H and O–H groups in total. The monoisotopic (exact) mass is 251 g/mol. The molecule has 0 aliphatic carbocycles. The van der Waals surface area contributed by atoms with Crippen LogP contribution in [0.2, 0.25) is 0 Å². The molecule has 3 nitrogen and oxygen atoms in total. The minimum absolute atomic E-state index is 0.0895. The highest BCUT2D eigenvalue weighted by atomic mass is 32.1. The first-order chi connectivity index (χ1) is 8.18. The van der Waals surface area contributed by atoms with Gasteiger partial charge in [-0.3, -0.25) is 4.79 Å². The van der Waals surface area contributed by atoms with Gasteiger partial charge in [-0.2, -0.15) is 12.6 Å². The van der Waals surface area contributed by atoms with E-state index in [0.717, 1.165) is 11.1 Å². The summed E-state index contributed by atoms with van der Waals surface area (Å²) >= 11 is 4.36. The van der Waals surface area contributed by atoms with Crippen molar-refractivity contribution in [1.82, 2.24) is 4.90 Å². The second-order valence-electron chi connectivity index (χ2n) is 4.20. The van der Waals surface area contributed by atoms with Crippen molar-refractivity contribution in [3.8, 4) is 0 Å². The molecule has 1 fully saturated rings. The highest BCUT2D eigenvalue weighted by Gasteiger charge is 2.18. The normalized spacial score (nSPS) is 17.9. The average Bonchev–Trinajstić information content (AvgIpc) is 2.39. The van der Waals surface area contributed by atoms with Crippen LogP contribution in [0.1, 0.15) is 28.1 Å². The van der Waals surface area contributed by atoms with Crippen molar-refractivity contribution in [3.05, 3.63) is 35.4 Å². The van der Waals surface area contributed by atoms with Crippen LogP contribution in [0.5, 0.6) is 0 Å². The molecule has 17 heavy (non-hydrogen) atoms. The fourth-order valence-corrected chi connectivity index (χ4v) is 2.03. The Labute approximate surface area is 107 Å². The van der Waals surface area contributed by atoms with Crippen LogP contribution in [0, 0.1) is 0 Å². The molecule has 1 heterocycles. The standard InChI is InChI=1S/C13H17NO2S/c1-10(17)11-2-4-12(5-3-11)13(15)14-6-8-16-9-7-14/h2-5,10,17H,6-9H2,1H3. The van der Waals surface area contributed by atoms with Gasteiger partial charge in [0, 0.05) is 23.9 Å². The maximum Gasteiger partial charge on any atom is 0.254 e. The lowest BCUT2D eigenvalue weighted by Gasteiger charge is -2.26. The van der Waals surface area contributed by atoms with Crippen molar-refractivity contribution >= 4 is 18.5 Å². The number of nitrogens with zero attached hydrogens (tertiary/aromatic N) is 1. The molecule has 0 radical (unpaired) electrons. The topological polar surface area (TPSA) is 29.5 Å². The van der Waals surface area contributed by atoms with Crippen LogP contribution < -0.4 is 0 Å². The predicted octanol–water partition coefficient (Wildman–Crippen LogP) is 2.15. The highest BCUT2D eigenvalue weighted by Crippen LogP contribution is 2.19. The minimum atomic E-state index is 0.0895. The summed E-state index contributed by atoms with van der Waals surface area (Å²) in [7, 11) is 0. The van der Waals surface area contributed by atoms with Gasteiger partial charge in [-0.25, -0.2) is 0 Å². The van der Waals surface area contributed by atoms with E-state index in [1.165, 1.54) is 0 Å². The summed E-state index contributed by atoms with van der Waals surface area (Å²) < 4.78 is 5.23. The van der Waals surface area contributed by atoms with Crippen LogP contribution in [0.25, 0.3) is 0 Å². The molecule has 1 aliphatic heterocycles. The molecule has 2 rings (SSSR count). The van der Waals surface area contributed by atoms with E-state index in [1.807, 2.05) is 36.1 Å². The summed E-state index contributed by atoms with van der Waals surface area (Å²) in [6, 6.07) is 7.68. The number of ether oxygens (including phenoxy) is 1. The molecule has 0 aromatic heterocycles. The zero-order valence-electron chi connectivity index (χ0n) is 9.93. The van der Waals surface area contributed by atoms with Crippen LogP contribution in [-0.4, -0.2) is 37.1 Å². The van der Waals surface area contributed by atoms with Gasteiger partial charge in [0.25, 0.3) is 5.91 Å². The molecule has 1 atom stereocenters. The summed E-state index contributed by atoms with van der Waals surface area (Å²) in [5, 5.41) is 0.197. The van der Waals surface area contributed by atoms with Gasteiger partial charge in [0.15, 0.2) is 0 Å². The Morgan fingerprint density at radius 1 is 1.29 bits per heavy atom. The van der Waals surface area contributed by atoms with Crippen molar-refractivity contribution in [3.63, 3.8) is 0 Å². The Balaban J connectivity index is 2.08. The zero-order chi connectivity index (χ0) is 12.3. The van der Waals surface area contributed by atoms with Crippen molar-refractivity contribution in [2.75, 3.05) is 26.3 Å². The molecule has 1 aromatic rings. The molecule has 1 unspecified atom stereocenters. The first kappa shape index (κ1) is 12.5. The van der Waals surface area contributed by atoms with E-state index in [2.05, 4.69) is 12.6 Å². The van der Waals surface area contributed by atoms with E-state index in [0.29, 0.717) is 26.3 Å². The summed E-state index contributed by atoms with van der Waals surface area (Å²) in [4.78, 5) is 14.0. The predicted molar refractivity (Wildman–Crippen MR) is 70.6 cm³/mol. The molecule has 1 amide bonds. The number of rotatable bonds is 2. The Bertz CT molecular complexity index is 383. The Morgan fingerprint density at radius 3 is 2.41 bits per heavy atom. The Hall–Kier alpha value is -1.00. The smallest absolute Gasteiger partial charge is 0.254 e. The maximum atomic E-state index is 12.1. The van der Waals surface area contributed by atoms with Gasteiger partial charge >= 0.3 is 0 Å². The molecule has 0 bridgehead atoms. The van der Waals surface area contributed by atoms with E-state index in [9.17, 15) is 4.79 Å².